The minimum atomic E-state index is -0.535. The number of amides is 1. The molecule has 0 bridgehead atoms. The number of ether oxygens (including phenoxy) is 3. The Balaban J connectivity index is 1.39. The number of aryl methyl sites for hydroxylation is 1. The number of oxime groups is 1. The molecule has 11 heteroatoms. The smallest absolute Gasteiger partial charge is 0.270 e. The lowest BCUT2D eigenvalue weighted by atomic mass is 10.1. The Morgan fingerprint density at radius 1 is 1.27 bits per heavy atom. The molecule has 1 saturated heterocycles. The third-order valence-corrected chi connectivity index (χ3v) is 5.36. The minimum absolute atomic E-state index is 0.111. The standard InChI is InChI=1S/C22H26FN5O5/c1-12-26-16(17-7-20(33-28-17)22-31-10-14(8-24)11-32-22)6-18(27-12)21(29)25-9-13-3-4-15(23)19(5-13)30-2/h3-6,14,20,22H,7-11,24H2,1-2H3,(H,25,29)/t14-,20-,22-/m0/s1. The average Bonchev–Trinajstić information content (AvgIpc) is 3.33. The maximum Gasteiger partial charge on any atom is 0.270 e. The molecule has 2 aliphatic rings. The second kappa shape index (κ2) is 10.2. The highest BCUT2D eigenvalue weighted by Gasteiger charge is 2.35. The molecule has 4 rings (SSSR count). The zero-order valence-electron chi connectivity index (χ0n) is 18.4. The van der Waals surface area contributed by atoms with E-state index in [9.17, 15) is 9.18 Å². The van der Waals surface area contributed by atoms with Gasteiger partial charge >= 0.3 is 0 Å². The molecule has 10 nitrogen and oxygen atoms in total. The summed E-state index contributed by atoms with van der Waals surface area (Å²) in [5.74, 6) is -0.161. The van der Waals surface area contributed by atoms with Gasteiger partial charge in [-0.25, -0.2) is 14.4 Å². The van der Waals surface area contributed by atoms with E-state index in [0.29, 0.717) is 49.0 Å². The van der Waals surface area contributed by atoms with Crippen molar-refractivity contribution >= 4 is 11.6 Å². The van der Waals surface area contributed by atoms with Gasteiger partial charge in [0.1, 0.15) is 17.2 Å². The Labute approximate surface area is 190 Å². The summed E-state index contributed by atoms with van der Waals surface area (Å²) in [7, 11) is 1.38. The first-order valence-electron chi connectivity index (χ1n) is 10.6. The monoisotopic (exact) mass is 459 g/mol. The molecule has 33 heavy (non-hydrogen) atoms. The SMILES string of the molecule is COc1cc(CNC(=O)c2cc(C3=NO[C@H]([C@H]4OC[C@H](CN)CO4)C3)nc(C)n2)ccc1F. The number of hydrogen-bond acceptors (Lipinski definition) is 9. The lowest BCUT2D eigenvalue weighted by Crippen LogP contribution is -2.42. The van der Waals surface area contributed by atoms with E-state index in [0.717, 1.165) is 0 Å². The van der Waals surface area contributed by atoms with Crippen molar-refractivity contribution in [2.75, 3.05) is 26.9 Å². The fourth-order valence-corrected chi connectivity index (χ4v) is 3.52. The van der Waals surface area contributed by atoms with Gasteiger partial charge in [0.15, 0.2) is 24.0 Å². The number of aromatic nitrogens is 2. The summed E-state index contributed by atoms with van der Waals surface area (Å²) in [6, 6.07) is 5.95. The number of benzene rings is 1. The summed E-state index contributed by atoms with van der Waals surface area (Å²) in [5.41, 5.74) is 7.60. The van der Waals surface area contributed by atoms with Crippen molar-refractivity contribution in [1.29, 1.82) is 0 Å². The summed E-state index contributed by atoms with van der Waals surface area (Å²) < 4.78 is 30.0. The van der Waals surface area contributed by atoms with Gasteiger partial charge in [-0.1, -0.05) is 11.2 Å². The second-order valence-corrected chi connectivity index (χ2v) is 7.86. The first-order chi connectivity index (χ1) is 16.0. The Morgan fingerprint density at radius 2 is 2.06 bits per heavy atom. The van der Waals surface area contributed by atoms with Crippen LogP contribution in [-0.2, 0) is 20.9 Å². The topological polar surface area (TPSA) is 130 Å². The highest BCUT2D eigenvalue weighted by Crippen LogP contribution is 2.24. The molecule has 1 aromatic heterocycles. The van der Waals surface area contributed by atoms with E-state index < -0.39 is 24.1 Å². The third kappa shape index (κ3) is 5.44. The molecule has 176 valence electrons. The first kappa shape index (κ1) is 23.0. The number of nitrogens with two attached hydrogens (primary N) is 1. The molecule has 0 unspecified atom stereocenters. The van der Waals surface area contributed by atoms with Crippen LogP contribution in [0.2, 0.25) is 0 Å². The van der Waals surface area contributed by atoms with Gasteiger partial charge in [0.2, 0.25) is 0 Å². The molecule has 1 fully saturated rings. The number of methoxy groups -OCH3 is 1. The molecular weight excluding hydrogens is 433 g/mol. The maximum absolute atomic E-state index is 13.6. The fraction of sp³-hybridized carbons (Fsp3) is 0.455. The van der Waals surface area contributed by atoms with Gasteiger partial charge in [0, 0.05) is 18.9 Å². The number of carbonyl (C=O) groups excluding carboxylic acids is 1. The van der Waals surface area contributed by atoms with Crippen LogP contribution in [0, 0.1) is 18.7 Å². The van der Waals surface area contributed by atoms with Crippen molar-refractivity contribution in [2.45, 2.75) is 32.3 Å². The average molecular weight is 459 g/mol. The molecule has 3 N–H and O–H groups in total. The molecule has 1 atom stereocenters. The zero-order chi connectivity index (χ0) is 23.4. The van der Waals surface area contributed by atoms with Crippen LogP contribution in [0.3, 0.4) is 0 Å². The van der Waals surface area contributed by atoms with Gasteiger partial charge in [-0.3, -0.25) is 4.79 Å². The van der Waals surface area contributed by atoms with E-state index in [1.54, 1.807) is 19.1 Å². The Morgan fingerprint density at radius 3 is 2.79 bits per heavy atom. The van der Waals surface area contributed by atoms with Gasteiger partial charge in [-0.15, -0.1) is 0 Å². The molecule has 1 aromatic carbocycles. The largest absolute Gasteiger partial charge is 0.494 e. The van der Waals surface area contributed by atoms with Crippen LogP contribution in [0.15, 0.2) is 29.4 Å². The van der Waals surface area contributed by atoms with Crippen molar-refractivity contribution in [3.63, 3.8) is 0 Å². The third-order valence-electron chi connectivity index (χ3n) is 5.36. The second-order valence-electron chi connectivity index (χ2n) is 7.86. The molecule has 0 aliphatic carbocycles. The number of nitrogens with one attached hydrogen (secondary N) is 1. The van der Waals surface area contributed by atoms with E-state index in [1.807, 2.05) is 0 Å². The van der Waals surface area contributed by atoms with Gasteiger partial charge < -0.3 is 30.1 Å². The Kier molecular flexibility index (Phi) is 7.11. The van der Waals surface area contributed by atoms with E-state index in [2.05, 4.69) is 20.4 Å². The summed E-state index contributed by atoms with van der Waals surface area (Å²) >= 11 is 0. The summed E-state index contributed by atoms with van der Waals surface area (Å²) in [6.07, 6.45) is -0.516. The van der Waals surface area contributed by atoms with Crippen LogP contribution in [0.4, 0.5) is 4.39 Å². The van der Waals surface area contributed by atoms with E-state index in [4.69, 9.17) is 24.8 Å². The van der Waals surface area contributed by atoms with Crippen LogP contribution in [0.5, 0.6) is 5.75 Å². The fourth-order valence-electron chi connectivity index (χ4n) is 3.52. The number of rotatable bonds is 7. The van der Waals surface area contributed by atoms with Crippen molar-refractivity contribution < 1.29 is 28.2 Å². The maximum atomic E-state index is 13.6. The van der Waals surface area contributed by atoms with E-state index >= 15 is 0 Å². The van der Waals surface area contributed by atoms with E-state index in [1.165, 1.54) is 19.2 Å². The first-order valence-corrected chi connectivity index (χ1v) is 10.6. The molecule has 0 radical (unpaired) electrons. The molecular formula is C22H26FN5O5. The van der Waals surface area contributed by atoms with Crippen LogP contribution in [0.25, 0.3) is 0 Å². The normalized spacial score (nSPS) is 22.4. The van der Waals surface area contributed by atoms with Crippen molar-refractivity contribution in [3.05, 3.63) is 52.9 Å². The Bertz CT molecular complexity index is 1040. The van der Waals surface area contributed by atoms with Crippen molar-refractivity contribution in [1.82, 2.24) is 15.3 Å². The van der Waals surface area contributed by atoms with Crippen LogP contribution in [-0.4, -0.2) is 60.8 Å². The minimum Gasteiger partial charge on any atom is -0.494 e. The molecule has 0 saturated carbocycles. The number of carbonyl (C=O) groups is 1. The predicted molar refractivity (Wildman–Crippen MR) is 115 cm³/mol. The number of nitrogens with zero attached hydrogens (tertiary/aromatic N) is 3. The molecule has 2 aliphatic heterocycles. The number of hydrogen-bond donors (Lipinski definition) is 2. The lowest BCUT2D eigenvalue weighted by molar-refractivity contribution is -0.242. The van der Waals surface area contributed by atoms with Crippen LogP contribution in [0.1, 0.15) is 34.0 Å². The predicted octanol–water partition coefficient (Wildman–Crippen LogP) is 1.30. The summed E-state index contributed by atoms with van der Waals surface area (Å²) in [5, 5.41) is 6.90. The Hall–Kier alpha value is -3.15. The van der Waals surface area contributed by atoms with Gasteiger partial charge in [-0.2, -0.15) is 0 Å². The molecule has 3 heterocycles. The summed E-state index contributed by atoms with van der Waals surface area (Å²) in [6.45, 7) is 3.39. The molecule has 1 amide bonds. The highest BCUT2D eigenvalue weighted by molar-refractivity contribution is 6.01. The van der Waals surface area contributed by atoms with Gasteiger partial charge in [0.25, 0.3) is 5.91 Å². The van der Waals surface area contributed by atoms with Crippen LogP contribution >= 0.6 is 0 Å². The summed E-state index contributed by atoms with van der Waals surface area (Å²) in [4.78, 5) is 26.8. The number of halogens is 1. The quantitative estimate of drug-likeness (QED) is 0.634. The van der Waals surface area contributed by atoms with Crippen molar-refractivity contribution in [3.8, 4) is 5.75 Å². The van der Waals surface area contributed by atoms with E-state index in [-0.39, 0.29) is 23.9 Å². The van der Waals surface area contributed by atoms with Crippen molar-refractivity contribution in [2.24, 2.45) is 16.8 Å². The highest BCUT2D eigenvalue weighted by atomic mass is 19.1. The van der Waals surface area contributed by atoms with Gasteiger partial charge in [-0.05, 0) is 37.2 Å². The molecule has 0 spiro atoms. The van der Waals surface area contributed by atoms with Crippen LogP contribution < -0.4 is 15.8 Å². The zero-order valence-corrected chi connectivity index (χ0v) is 18.4. The van der Waals surface area contributed by atoms with Gasteiger partial charge in [0.05, 0.1) is 26.0 Å². The lowest BCUT2D eigenvalue weighted by Gasteiger charge is -2.30. The molecule has 2 aromatic rings.